The number of carbonyl (C=O) groups excluding carboxylic acids is 1. The SMILES string of the molecule is Cc1nc(N)nc(C)c1CC(=O)N1CC[C@@](C)(O)[C@@H](Cc2ccccc2)C1. The molecule has 2 heterocycles. The zero-order chi connectivity index (χ0) is 19.6. The van der Waals surface area contributed by atoms with Crippen molar-refractivity contribution < 1.29 is 9.90 Å². The zero-order valence-corrected chi connectivity index (χ0v) is 16.3. The summed E-state index contributed by atoms with van der Waals surface area (Å²) >= 11 is 0. The Morgan fingerprint density at radius 3 is 2.52 bits per heavy atom. The molecule has 1 aromatic carbocycles. The normalized spacial score (nSPS) is 22.7. The van der Waals surface area contributed by atoms with E-state index in [-0.39, 0.29) is 24.2 Å². The summed E-state index contributed by atoms with van der Waals surface area (Å²) in [6.07, 6.45) is 1.59. The second kappa shape index (κ2) is 7.64. The molecule has 0 spiro atoms. The Labute approximate surface area is 160 Å². The number of nitrogen functional groups attached to an aromatic ring is 1. The highest BCUT2D eigenvalue weighted by Gasteiger charge is 2.39. The Morgan fingerprint density at radius 1 is 1.26 bits per heavy atom. The first-order valence-electron chi connectivity index (χ1n) is 9.40. The average Bonchev–Trinajstić information content (AvgIpc) is 2.60. The number of nitrogens with two attached hydrogens (primary N) is 1. The smallest absolute Gasteiger partial charge is 0.227 e. The number of hydrogen-bond donors (Lipinski definition) is 2. The molecule has 1 amide bonds. The monoisotopic (exact) mass is 368 g/mol. The molecule has 0 aliphatic carbocycles. The standard InChI is InChI=1S/C21H28N4O2/c1-14-18(15(2)24-20(22)23-14)12-19(26)25-10-9-21(3,27)17(13-25)11-16-7-5-4-6-8-16/h4-8,17,27H,9-13H2,1-3H3,(H2,22,23,24)/t17-,21+/m0/s1. The highest BCUT2D eigenvalue weighted by atomic mass is 16.3. The quantitative estimate of drug-likeness (QED) is 0.862. The number of benzene rings is 1. The van der Waals surface area contributed by atoms with Gasteiger partial charge in [0.2, 0.25) is 11.9 Å². The molecule has 1 saturated heterocycles. The second-order valence-corrected chi connectivity index (χ2v) is 7.74. The molecule has 27 heavy (non-hydrogen) atoms. The Hall–Kier alpha value is -2.47. The summed E-state index contributed by atoms with van der Waals surface area (Å²) < 4.78 is 0. The van der Waals surface area contributed by atoms with Gasteiger partial charge in [-0.1, -0.05) is 30.3 Å². The van der Waals surface area contributed by atoms with Crippen LogP contribution < -0.4 is 5.73 Å². The molecule has 1 aliphatic rings. The van der Waals surface area contributed by atoms with Crippen molar-refractivity contribution in [2.45, 2.75) is 45.6 Å². The lowest BCUT2D eigenvalue weighted by Crippen LogP contribution is -2.53. The van der Waals surface area contributed by atoms with E-state index in [1.807, 2.05) is 43.9 Å². The molecule has 3 N–H and O–H groups in total. The third kappa shape index (κ3) is 4.45. The highest BCUT2D eigenvalue weighted by molar-refractivity contribution is 5.79. The maximum Gasteiger partial charge on any atom is 0.227 e. The molecule has 2 aromatic rings. The summed E-state index contributed by atoms with van der Waals surface area (Å²) in [6, 6.07) is 10.1. The van der Waals surface area contributed by atoms with E-state index in [2.05, 4.69) is 22.1 Å². The van der Waals surface area contributed by atoms with E-state index in [1.165, 1.54) is 5.56 Å². The van der Waals surface area contributed by atoms with Crippen LogP contribution in [0.4, 0.5) is 5.95 Å². The van der Waals surface area contributed by atoms with E-state index < -0.39 is 5.60 Å². The van der Waals surface area contributed by atoms with Gasteiger partial charge in [-0.2, -0.15) is 0 Å². The molecule has 2 atom stereocenters. The fourth-order valence-electron chi connectivity index (χ4n) is 3.81. The number of nitrogens with zero attached hydrogens (tertiary/aromatic N) is 3. The van der Waals surface area contributed by atoms with Crippen molar-refractivity contribution in [2.24, 2.45) is 5.92 Å². The summed E-state index contributed by atoms with van der Waals surface area (Å²) in [6.45, 7) is 6.70. The van der Waals surface area contributed by atoms with Gasteiger partial charge in [0.05, 0.1) is 12.0 Å². The zero-order valence-electron chi connectivity index (χ0n) is 16.3. The van der Waals surface area contributed by atoms with Crippen molar-refractivity contribution in [1.29, 1.82) is 0 Å². The number of amides is 1. The maximum absolute atomic E-state index is 12.9. The van der Waals surface area contributed by atoms with E-state index in [0.29, 0.717) is 19.5 Å². The first-order valence-corrected chi connectivity index (χ1v) is 9.40. The fourth-order valence-corrected chi connectivity index (χ4v) is 3.81. The highest BCUT2D eigenvalue weighted by Crippen LogP contribution is 2.31. The minimum Gasteiger partial charge on any atom is -0.390 e. The number of piperidine rings is 1. The molecule has 3 rings (SSSR count). The lowest BCUT2D eigenvalue weighted by atomic mass is 9.78. The number of hydrogen-bond acceptors (Lipinski definition) is 5. The average molecular weight is 368 g/mol. The Kier molecular flexibility index (Phi) is 5.46. The number of aryl methyl sites for hydroxylation is 2. The largest absolute Gasteiger partial charge is 0.390 e. The van der Waals surface area contributed by atoms with Gasteiger partial charge in [-0.25, -0.2) is 9.97 Å². The van der Waals surface area contributed by atoms with E-state index in [9.17, 15) is 9.90 Å². The van der Waals surface area contributed by atoms with Crippen LogP contribution in [0.1, 0.15) is 35.9 Å². The van der Waals surface area contributed by atoms with Crippen molar-refractivity contribution in [2.75, 3.05) is 18.8 Å². The van der Waals surface area contributed by atoms with Gasteiger partial charge in [0.15, 0.2) is 0 Å². The number of carbonyl (C=O) groups is 1. The van der Waals surface area contributed by atoms with Gasteiger partial charge < -0.3 is 15.7 Å². The molecule has 144 valence electrons. The molecular formula is C21H28N4O2. The summed E-state index contributed by atoms with van der Waals surface area (Å²) in [5, 5.41) is 10.8. The first kappa shape index (κ1) is 19.3. The van der Waals surface area contributed by atoms with Gasteiger partial charge in [-0.3, -0.25) is 4.79 Å². The van der Waals surface area contributed by atoms with Crippen LogP contribution in [0.25, 0.3) is 0 Å². The van der Waals surface area contributed by atoms with Gasteiger partial charge in [-0.05, 0) is 39.2 Å². The molecule has 0 unspecified atom stereocenters. The molecule has 1 aromatic heterocycles. The maximum atomic E-state index is 12.9. The van der Waals surface area contributed by atoms with E-state index in [1.54, 1.807) is 0 Å². The molecule has 0 bridgehead atoms. The van der Waals surface area contributed by atoms with Crippen LogP contribution in [0, 0.1) is 19.8 Å². The minimum absolute atomic E-state index is 0.00228. The van der Waals surface area contributed by atoms with Crippen LogP contribution >= 0.6 is 0 Å². The number of likely N-dealkylation sites (tertiary alicyclic amines) is 1. The van der Waals surface area contributed by atoms with Crippen LogP contribution in [-0.2, 0) is 17.6 Å². The summed E-state index contributed by atoms with van der Waals surface area (Å²) in [5.41, 5.74) is 8.42. The van der Waals surface area contributed by atoms with E-state index >= 15 is 0 Å². The minimum atomic E-state index is -0.775. The van der Waals surface area contributed by atoms with Gasteiger partial charge >= 0.3 is 0 Å². The van der Waals surface area contributed by atoms with Crippen LogP contribution in [0.5, 0.6) is 0 Å². The van der Waals surface area contributed by atoms with Crippen LogP contribution in [0.2, 0.25) is 0 Å². The van der Waals surface area contributed by atoms with Gasteiger partial charge in [-0.15, -0.1) is 0 Å². The lowest BCUT2D eigenvalue weighted by molar-refractivity contribution is -0.138. The predicted octanol–water partition coefficient (Wildman–Crippen LogP) is 2.06. The molecule has 6 nitrogen and oxygen atoms in total. The second-order valence-electron chi connectivity index (χ2n) is 7.74. The van der Waals surface area contributed by atoms with Crippen molar-refractivity contribution in [1.82, 2.24) is 14.9 Å². The van der Waals surface area contributed by atoms with Crippen molar-refractivity contribution in [3.05, 3.63) is 52.8 Å². The molecule has 6 heteroatoms. The molecular weight excluding hydrogens is 340 g/mol. The van der Waals surface area contributed by atoms with Crippen LogP contribution in [0.3, 0.4) is 0 Å². The number of aromatic nitrogens is 2. The molecule has 1 aliphatic heterocycles. The number of anilines is 1. The third-order valence-corrected chi connectivity index (χ3v) is 5.65. The first-order chi connectivity index (χ1) is 12.8. The fraction of sp³-hybridized carbons (Fsp3) is 0.476. The lowest BCUT2D eigenvalue weighted by Gasteiger charge is -2.43. The summed E-state index contributed by atoms with van der Waals surface area (Å²) in [4.78, 5) is 23.2. The third-order valence-electron chi connectivity index (χ3n) is 5.65. The van der Waals surface area contributed by atoms with Gasteiger partial charge in [0.1, 0.15) is 0 Å². The molecule has 0 saturated carbocycles. The van der Waals surface area contributed by atoms with E-state index in [0.717, 1.165) is 23.4 Å². The Morgan fingerprint density at radius 2 is 1.89 bits per heavy atom. The Balaban J connectivity index is 1.72. The van der Waals surface area contributed by atoms with E-state index in [4.69, 9.17) is 5.73 Å². The predicted molar refractivity (Wildman–Crippen MR) is 105 cm³/mol. The number of aliphatic hydroxyl groups is 1. The van der Waals surface area contributed by atoms with Gasteiger partial charge in [0, 0.05) is 36.0 Å². The van der Waals surface area contributed by atoms with Crippen molar-refractivity contribution in [3.63, 3.8) is 0 Å². The van der Waals surface area contributed by atoms with Gasteiger partial charge in [0.25, 0.3) is 0 Å². The molecule has 1 fully saturated rings. The van der Waals surface area contributed by atoms with Crippen LogP contribution in [-0.4, -0.2) is 44.6 Å². The summed E-state index contributed by atoms with van der Waals surface area (Å²) in [7, 11) is 0. The Bertz CT molecular complexity index is 797. The van der Waals surface area contributed by atoms with Crippen molar-refractivity contribution in [3.8, 4) is 0 Å². The molecule has 0 radical (unpaired) electrons. The topological polar surface area (TPSA) is 92.3 Å². The summed E-state index contributed by atoms with van der Waals surface area (Å²) in [5.74, 6) is 0.281. The van der Waals surface area contributed by atoms with Crippen LogP contribution in [0.15, 0.2) is 30.3 Å². The van der Waals surface area contributed by atoms with Crippen molar-refractivity contribution >= 4 is 11.9 Å². The number of rotatable bonds is 4.